The average molecular weight is 383 g/mol. The van der Waals surface area contributed by atoms with E-state index in [1.165, 1.54) is 23.1 Å². The zero-order valence-electron chi connectivity index (χ0n) is 15.0. The van der Waals surface area contributed by atoms with Gasteiger partial charge in [-0.3, -0.25) is 14.3 Å². The number of aromatic nitrogens is 3. The highest BCUT2D eigenvalue weighted by Crippen LogP contribution is 2.28. The molecule has 2 aromatic heterocycles. The zero-order valence-corrected chi connectivity index (χ0v) is 16.6. The van der Waals surface area contributed by atoms with Crippen LogP contribution in [0.3, 0.4) is 0 Å². The summed E-state index contributed by atoms with van der Waals surface area (Å²) in [6, 6.07) is 0. The van der Waals surface area contributed by atoms with Gasteiger partial charge in [0, 0.05) is 12.4 Å². The van der Waals surface area contributed by atoms with E-state index in [0.29, 0.717) is 12.3 Å². The second-order valence-corrected chi connectivity index (χ2v) is 7.95. The number of ether oxygens (including phenoxy) is 1. The topological polar surface area (TPSA) is 86.1 Å². The predicted molar refractivity (Wildman–Crippen MR) is 99.1 cm³/mol. The lowest BCUT2D eigenvalue weighted by atomic mass is 10.3. The molecule has 2 aromatic rings. The minimum atomic E-state index is -0.319. The van der Waals surface area contributed by atoms with Gasteiger partial charge in [-0.15, -0.1) is 11.3 Å². The number of nitrogens with zero attached hydrogens (tertiary/aromatic N) is 3. The fourth-order valence-electron chi connectivity index (χ4n) is 2.17. The van der Waals surface area contributed by atoms with Gasteiger partial charge in [-0.1, -0.05) is 11.8 Å². The Labute approximate surface area is 155 Å². The first-order valence-corrected chi connectivity index (χ1v) is 9.65. The normalized spacial score (nSPS) is 12.0. The fourth-order valence-corrected chi connectivity index (χ4v) is 4.15. The molecule has 0 aliphatic carbocycles. The first kappa shape index (κ1) is 19.5. The first-order chi connectivity index (χ1) is 11.8. The quantitative estimate of drug-likeness (QED) is 0.585. The molecule has 136 valence electrons. The number of hydrogen-bond acceptors (Lipinski definition) is 7. The van der Waals surface area contributed by atoms with Crippen molar-refractivity contribution in [2.75, 3.05) is 11.9 Å². The fraction of sp³-hybridized carbons (Fsp3) is 0.500. The standard InChI is InChI=1S/C16H22N4O3S2/c1-6-23-13(21)7-12-8-24-16(17-12)25-11(4)15(22)18-14-9(2)19-20(5)10(14)3/h8,11H,6-7H2,1-5H3,(H,18,22)/t11-/m0/s1. The number of hydrogen-bond donors (Lipinski definition) is 1. The van der Waals surface area contributed by atoms with Crippen molar-refractivity contribution >= 4 is 40.7 Å². The molecule has 9 heteroatoms. The number of amides is 1. The molecular weight excluding hydrogens is 360 g/mol. The van der Waals surface area contributed by atoms with E-state index in [4.69, 9.17) is 4.74 Å². The van der Waals surface area contributed by atoms with E-state index in [0.717, 1.165) is 21.4 Å². The minimum absolute atomic E-state index is 0.105. The number of carbonyl (C=O) groups is 2. The number of aryl methyl sites for hydroxylation is 2. The van der Waals surface area contributed by atoms with Crippen LogP contribution in [0.15, 0.2) is 9.72 Å². The Morgan fingerprint density at radius 2 is 2.16 bits per heavy atom. The van der Waals surface area contributed by atoms with Gasteiger partial charge in [-0.05, 0) is 27.7 Å². The molecule has 0 fully saturated rings. The van der Waals surface area contributed by atoms with Crippen LogP contribution in [-0.4, -0.2) is 38.5 Å². The first-order valence-electron chi connectivity index (χ1n) is 7.89. The second-order valence-electron chi connectivity index (χ2n) is 5.51. The summed E-state index contributed by atoms with van der Waals surface area (Å²) in [5.41, 5.74) is 3.12. The largest absolute Gasteiger partial charge is 0.466 e. The number of anilines is 1. The maximum atomic E-state index is 12.4. The van der Waals surface area contributed by atoms with E-state index in [2.05, 4.69) is 15.4 Å². The third kappa shape index (κ3) is 5.05. The van der Waals surface area contributed by atoms with Crippen molar-refractivity contribution in [3.63, 3.8) is 0 Å². The van der Waals surface area contributed by atoms with Gasteiger partial charge in [0.25, 0.3) is 0 Å². The molecule has 2 rings (SSSR count). The van der Waals surface area contributed by atoms with Crippen LogP contribution in [-0.2, 0) is 27.8 Å². The van der Waals surface area contributed by atoms with E-state index in [1.807, 2.05) is 33.2 Å². The van der Waals surface area contributed by atoms with Crippen LogP contribution >= 0.6 is 23.1 Å². The van der Waals surface area contributed by atoms with Crippen LogP contribution < -0.4 is 5.32 Å². The molecule has 0 radical (unpaired) electrons. The van der Waals surface area contributed by atoms with Crippen LogP contribution in [0.25, 0.3) is 0 Å². The summed E-state index contributed by atoms with van der Waals surface area (Å²) >= 11 is 2.79. The highest BCUT2D eigenvalue weighted by Gasteiger charge is 2.20. The van der Waals surface area contributed by atoms with E-state index in [9.17, 15) is 9.59 Å². The highest BCUT2D eigenvalue weighted by atomic mass is 32.2. The van der Waals surface area contributed by atoms with Crippen molar-refractivity contribution in [2.45, 2.75) is 43.7 Å². The third-order valence-electron chi connectivity index (χ3n) is 3.57. The lowest BCUT2D eigenvalue weighted by Gasteiger charge is -2.10. The molecule has 1 amide bonds. The summed E-state index contributed by atoms with van der Waals surface area (Å²) in [7, 11) is 1.84. The van der Waals surface area contributed by atoms with Crippen LogP contribution in [0.4, 0.5) is 5.69 Å². The Bertz CT molecular complexity index is 770. The van der Waals surface area contributed by atoms with E-state index in [-0.39, 0.29) is 23.5 Å². The van der Waals surface area contributed by atoms with Crippen LogP contribution in [0.1, 0.15) is 30.9 Å². The van der Waals surface area contributed by atoms with Gasteiger partial charge < -0.3 is 10.1 Å². The molecule has 0 aliphatic rings. The molecule has 25 heavy (non-hydrogen) atoms. The van der Waals surface area contributed by atoms with E-state index < -0.39 is 0 Å². The van der Waals surface area contributed by atoms with E-state index in [1.54, 1.807) is 11.6 Å². The van der Waals surface area contributed by atoms with Crippen LogP contribution in [0.5, 0.6) is 0 Å². The predicted octanol–water partition coefficient (Wildman–Crippen LogP) is 2.72. The minimum Gasteiger partial charge on any atom is -0.466 e. The molecule has 2 heterocycles. The van der Waals surface area contributed by atoms with Crippen molar-refractivity contribution < 1.29 is 14.3 Å². The Balaban J connectivity index is 1.95. The molecule has 0 saturated carbocycles. The Hall–Kier alpha value is -1.87. The number of rotatable bonds is 7. The number of thiazole rings is 1. The maximum Gasteiger partial charge on any atom is 0.311 e. The molecule has 1 atom stereocenters. The lowest BCUT2D eigenvalue weighted by molar-refractivity contribution is -0.142. The van der Waals surface area contributed by atoms with Gasteiger partial charge in [0.2, 0.25) is 5.91 Å². The summed E-state index contributed by atoms with van der Waals surface area (Å²) in [6.45, 7) is 7.73. The molecule has 0 aromatic carbocycles. The van der Waals surface area contributed by atoms with Crippen molar-refractivity contribution in [3.05, 3.63) is 22.5 Å². The summed E-state index contributed by atoms with van der Waals surface area (Å²) in [5.74, 6) is -0.399. The monoisotopic (exact) mass is 382 g/mol. The number of thioether (sulfide) groups is 1. The summed E-state index contributed by atoms with van der Waals surface area (Å²) in [4.78, 5) is 28.3. The Kier molecular flexibility index (Phi) is 6.60. The lowest BCUT2D eigenvalue weighted by Crippen LogP contribution is -2.23. The van der Waals surface area contributed by atoms with Gasteiger partial charge in [0.15, 0.2) is 4.34 Å². The molecular formula is C16H22N4O3S2. The van der Waals surface area contributed by atoms with Gasteiger partial charge >= 0.3 is 5.97 Å². The third-order valence-corrected chi connectivity index (χ3v) is 5.69. The summed E-state index contributed by atoms with van der Waals surface area (Å²) in [5, 5.41) is 8.73. The van der Waals surface area contributed by atoms with Gasteiger partial charge in [-0.25, -0.2) is 4.98 Å². The number of esters is 1. The van der Waals surface area contributed by atoms with Gasteiger partial charge in [-0.2, -0.15) is 5.10 Å². The number of carbonyl (C=O) groups excluding carboxylic acids is 2. The Morgan fingerprint density at radius 3 is 2.76 bits per heavy atom. The molecule has 7 nitrogen and oxygen atoms in total. The smallest absolute Gasteiger partial charge is 0.311 e. The highest BCUT2D eigenvalue weighted by molar-refractivity contribution is 8.02. The van der Waals surface area contributed by atoms with Crippen molar-refractivity contribution in [1.82, 2.24) is 14.8 Å². The second kappa shape index (κ2) is 8.48. The maximum absolute atomic E-state index is 12.4. The molecule has 0 unspecified atom stereocenters. The molecule has 1 N–H and O–H groups in total. The van der Waals surface area contributed by atoms with Gasteiger partial charge in [0.1, 0.15) is 0 Å². The van der Waals surface area contributed by atoms with Crippen molar-refractivity contribution in [2.24, 2.45) is 7.05 Å². The summed E-state index contributed by atoms with van der Waals surface area (Å²) < 4.78 is 7.40. The van der Waals surface area contributed by atoms with Crippen LogP contribution in [0.2, 0.25) is 0 Å². The molecule has 0 aliphatic heterocycles. The molecule has 0 spiro atoms. The summed E-state index contributed by atoms with van der Waals surface area (Å²) in [6.07, 6.45) is 0.152. The molecule has 0 saturated heterocycles. The van der Waals surface area contributed by atoms with E-state index >= 15 is 0 Å². The van der Waals surface area contributed by atoms with Crippen LogP contribution in [0, 0.1) is 13.8 Å². The van der Waals surface area contributed by atoms with Gasteiger partial charge in [0.05, 0.1) is 41.0 Å². The SMILES string of the molecule is CCOC(=O)Cc1csc(S[C@@H](C)C(=O)Nc2c(C)nn(C)c2C)n1. The van der Waals surface area contributed by atoms with Crippen molar-refractivity contribution in [1.29, 1.82) is 0 Å². The zero-order chi connectivity index (χ0) is 18.6. The molecule has 0 bridgehead atoms. The number of nitrogens with one attached hydrogen (secondary N) is 1. The Morgan fingerprint density at radius 1 is 1.44 bits per heavy atom. The average Bonchev–Trinajstić information content (AvgIpc) is 3.07. The van der Waals surface area contributed by atoms with Crippen molar-refractivity contribution in [3.8, 4) is 0 Å².